The molecule has 1 atom stereocenters. The van der Waals surface area contributed by atoms with Crippen LogP contribution < -0.4 is 4.74 Å². The van der Waals surface area contributed by atoms with Gasteiger partial charge in [-0.1, -0.05) is 23.7 Å². The molecule has 0 aliphatic heterocycles. The van der Waals surface area contributed by atoms with Crippen molar-refractivity contribution in [3.63, 3.8) is 0 Å². The van der Waals surface area contributed by atoms with Gasteiger partial charge in [0.1, 0.15) is 17.7 Å². The van der Waals surface area contributed by atoms with Gasteiger partial charge < -0.3 is 4.74 Å². The molecule has 0 aliphatic rings. The molecule has 0 fully saturated rings. The first-order valence-electron chi connectivity index (χ1n) is 7.46. The van der Waals surface area contributed by atoms with Crippen LogP contribution in [-0.4, -0.2) is 6.17 Å². The van der Waals surface area contributed by atoms with Gasteiger partial charge >= 0.3 is 0 Å². The van der Waals surface area contributed by atoms with Crippen molar-refractivity contribution in [2.45, 2.75) is 47.2 Å². The maximum Gasteiger partial charge on any atom is 0.133 e. The van der Waals surface area contributed by atoms with Gasteiger partial charge in [0.2, 0.25) is 0 Å². The van der Waals surface area contributed by atoms with E-state index in [9.17, 15) is 4.39 Å². The first-order valence-corrected chi connectivity index (χ1v) is 7.84. The Morgan fingerprint density at radius 3 is 1.91 bits per heavy atom. The lowest BCUT2D eigenvalue weighted by molar-refractivity contribution is 0.360. The summed E-state index contributed by atoms with van der Waals surface area (Å²) in [6.07, 6.45) is -0.409. The summed E-state index contributed by atoms with van der Waals surface area (Å²) in [6.45, 7) is 9.49. The minimum atomic E-state index is -0.841. The van der Waals surface area contributed by atoms with Crippen LogP contribution in [-0.2, 0) is 6.42 Å². The van der Waals surface area contributed by atoms with E-state index in [4.69, 9.17) is 16.3 Å². The van der Waals surface area contributed by atoms with Crippen LogP contribution in [0.15, 0.2) is 24.3 Å². The summed E-state index contributed by atoms with van der Waals surface area (Å²) in [7, 11) is 0. The molecule has 0 saturated heterocycles. The number of rotatable bonds is 4. The third-order valence-corrected chi connectivity index (χ3v) is 4.26. The molecule has 0 N–H and O–H groups in total. The first-order chi connectivity index (χ1) is 10.3. The van der Waals surface area contributed by atoms with E-state index in [1.54, 1.807) is 6.92 Å². The van der Waals surface area contributed by atoms with Gasteiger partial charge in [-0.25, -0.2) is 4.39 Å². The third-order valence-electron chi connectivity index (χ3n) is 3.67. The molecule has 0 spiro atoms. The highest BCUT2D eigenvalue weighted by Gasteiger charge is 2.11. The molecule has 0 amide bonds. The predicted molar refractivity (Wildman–Crippen MR) is 91.2 cm³/mol. The molecule has 0 aromatic heterocycles. The Morgan fingerprint density at radius 1 is 0.955 bits per heavy atom. The summed E-state index contributed by atoms with van der Waals surface area (Å²) in [5, 5.41) is 0.771. The number of hydrogen-bond acceptors (Lipinski definition) is 1. The van der Waals surface area contributed by atoms with E-state index in [1.807, 2.05) is 52.0 Å². The van der Waals surface area contributed by atoms with Crippen LogP contribution in [0.4, 0.5) is 4.39 Å². The molecule has 0 aliphatic carbocycles. The molecular weight excluding hydrogens is 299 g/mol. The largest absolute Gasteiger partial charge is 0.457 e. The zero-order valence-corrected chi connectivity index (χ0v) is 14.5. The second-order valence-electron chi connectivity index (χ2n) is 6.02. The molecular formula is C19H22ClFO. The fourth-order valence-corrected chi connectivity index (χ4v) is 2.84. The van der Waals surface area contributed by atoms with Crippen molar-refractivity contribution in [3.05, 3.63) is 57.1 Å². The lowest BCUT2D eigenvalue weighted by Gasteiger charge is -2.15. The Labute approximate surface area is 137 Å². The lowest BCUT2D eigenvalue weighted by Crippen LogP contribution is -2.01. The summed E-state index contributed by atoms with van der Waals surface area (Å²) >= 11 is 6.19. The normalized spacial score (nSPS) is 12.3. The van der Waals surface area contributed by atoms with Crippen LogP contribution in [0.3, 0.4) is 0 Å². The van der Waals surface area contributed by atoms with Crippen molar-refractivity contribution in [1.29, 1.82) is 0 Å². The number of halogens is 2. The summed E-state index contributed by atoms with van der Waals surface area (Å²) in [4.78, 5) is 0. The first kappa shape index (κ1) is 16.8. The zero-order valence-electron chi connectivity index (χ0n) is 13.8. The molecule has 2 rings (SSSR count). The molecule has 0 heterocycles. The highest BCUT2D eigenvalue weighted by atomic mass is 35.5. The van der Waals surface area contributed by atoms with E-state index in [0.717, 1.165) is 44.3 Å². The molecule has 0 saturated carbocycles. The summed E-state index contributed by atoms with van der Waals surface area (Å²) in [6, 6.07) is 7.86. The Bertz CT molecular complexity index is 646. The van der Waals surface area contributed by atoms with Gasteiger partial charge in [0.15, 0.2) is 0 Å². The van der Waals surface area contributed by atoms with E-state index in [1.165, 1.54) is 0 Å². The Kier molecular flexibility index (Phi) is 5.12. The number of benzene rings is 2. The molecule has 1 unspecified atom stereocenters. The summed E-state index contributed by atoms with van der Waals surface area (Å²) in [5.41, 5.74) is 5.02. The molecule has 0 radical (unpaired) electrons. The monoisotopic (exact) mass is 320 g/mol. The van der Waals surface area contributed by atoms with Crippen molar-refractivity contribution in [2.24, 2.45) is 0 Å². The molecule has 1 nitrogen and oxygen atoms in total. The SMILES string of the molecule is Cc1cc(Oc2c(C)cc(CC(C)F)cc2C)cc(C)c1Cl. The minimum absolute atomic E-state index is 0.432. The van der Waals surface area contributed by atoms with Crippen molar-refractivity contribution in [3.8, 4) is 11.5 Å². The van der Waals surface area contributed by atoms with Crippen LogP contribution >= 0.6 is 11.6 Å². The third kappa shape index (κ3) is 3.80. The van der Waals surface area contributed by atoms with E-state index in [2.05, 4.69) is 0 Å². The molecule has 118 valence electrons. The highest BCUT2D eigenvalue weighted by Crippen LogP contribution is 2.33. The topological polar surface area (TPSA) is 9.23 Å². The fourth-order valence-electron chi connectivity index (χ4n) is 2.73. The maximum absolute atomic E-state index is 13.2. The van der Waals surface area contributed by atoms with Gasteiger partial charge in [-0.3, -0.25) is 0 Å². The van der Waals surface area contributed by atoms with Crippen LogP contribution in [0, 0.1) is 27.7 Å². The standard InChI is InChI=1S/C19H22ClFO/c1-11-8-17(9-12(2)18(11)20)22-19-13(3)6-16(7-14(19)4)10-15(5)21/h6-9,15H,10H2,1-5H3. The fraction of sp³-hybridized carbons (Fsp3) is 0.368. The summed E-state index contributed by atoms with van der Waals surface area (Å²) in [5.74, 6) is 1.61. The van der Waals surface area contributed by atoms with Crippen LogP contribution in [0.25, 0.3) is 0 Å². The average Bonchev–Trinajstić information content (AvgIpc) is 2.39. The van der Waals surface area contributed by atoms with Crippen LogP contribution in [0.2, 0.25) is 5.02 Å². The molecule has 2 aromatic rings. The van der Waals surface area contributed by atoms with Crippen molar-refractivity contribution >= 4 is 11.6 Å². The van der Waals surface area contributed by atoms with Crippen LogP contribution in [0.5, 0.6) is 11.5 Å². The number of alkyl halides is 1. The second-order valence-corrected chi connectivity index (χ2v) is 6.39. The van der Waals surface area contributed by atoms with Gasteiger partial charge in [0.25, 0.3) is 0 Å². The summed E-state index contributed by atoms with van der Waals surface area (Å²) < 4.78 is 19.2. The van der Waals surface area contributed by atoms with Gasteiger partial charge in [-0.2, -0.15) is 0 Å². The second kappa shape index (κ2) is 6.70. The number of hydrogen-bond donors (Lipinski definition) is 0. The van der Waals surface area contributed by atoms with Crippen molar-refractivity contribution < 1.29 is 9.13 Å². The van der Waals surface area contributed by atoms with E-state index >= 15 is 0 Å². The molecule has 2 aromatic carbocycles. The van der Waals surface area contributed by atoms with Crippen molar-refractivity contribution in [2.75, 3.05) is 0 Å². The highest BCUT2D eigenvalue weighted by molar-refractivity contribution is 6.32. The van der Waals surface area contributed by atoms with Crippen molar-refractivity contribution in [1.82, 2.24) is 0 Å². The van der Waals surface area contributed by atoms with Gasteiger partial charge in [-0.05, 0) is 74.6 Å². The number of aryl methyl sites for hydroxylation is 4. The van der Waals surface area contributed by atoms with Gasteiger partial charge in [0.05, 0.1) is 0 Å². The maximum atomic E-state index is 13.2. The van der Waals surface area contributed by atoms with Crippen LogP contribution in [0.1, 0.15) is 34.7 Å². The van der Waals surface area contributed by atoms with E-state index in [-0.39, 0.29) is 0 Å². The quantitative estimate of drug-likeness (QED) is 0.645. The zero-order chi connectivity index (χ0) is 16.4. The smallest absolute Gasteiger partial charge is 0.133 e. The number of ether oxygens (including phenoxy) is 1. The molecule has 22 heavy (non-hydrogen) atoms. The van der Waals surface area contributed by atoms with E-state index < -0.39 is 6.17 Å². The Morgan fingerprint density at radius 2 is 1.45 bits per heavy atom. The minimum Gasteiger partial charge on any atom is -0.457 e. The Hall–Kier alpha value is -1.54. The van der Waals surface area contributed by atoms with E-state index in [0.29, 0.717) is 6.42 Å². The lowest BCUT2D eigenvalue weighted by atomic mass is 10.0. The predicted octanol–water partition coefficient (Wildman–Crippen LogP) is 6.27. The average molecular weight is 321 g/mol. The molecule has 3 heteroatoms. The van der Waals surface area contributed by atoms with Gasteiger partial charge in [-0.15, -0.1) is 0 Å². The molecule has 0 bridgehead atoms. The Balaban J connectivity index is 2.34. The van der Waals surface area contributed by atoms with Gasteiger partial charge in [0, 0.05) is 11.4 Å².